The van der Waals surface area contributed by atoms with E-state index in [0.717, 1.165) is 0 Å². The van der Waals surface area contributed by atoms with Gasteiger partial charge in [0.25, 0.3) is 0 Å². The quantitative estimate of drug-likeness (QED) is 0.597. The largest absolute Gasteiger partial charge is 0.300 e. The van der Waals surface area contributed by atoms with Gasteiger partial charge >= 0.3 is 0 Å². The molecule has 0 aliphatic heterocycles. The van der Waals surface area contributed by atoms with Crippen LogP contribution in [0.25, 0.3) is 0 Å². The Balaban J connectivity index is 3.56. The summed E-state index contributed by atoms with van der Waals surface area (Å²) in [5, 5.41) is 0. The molecule has 0 saturated carbocycles. The van der Waals surface area contributed by atoms with Crippen molar-refractivity contribution in [2.45, 2.75) is 45.4 Å². The highest BCUT2D eigenvalue weighted by Crippen LogP contribution is 2.02. The van der Waals surface area contributed by atoms with E-state index in [4.69, 9.17) is 0 Å². The highest BCUT2D eigenvalue weighted by atomic mass is 16.1. The summed E-state index contributed by atoms with van der Waals surface area (Å²) < 4.78 is 0. The summed E-state index contributed by atoms with van der Waals surface area (Å²) in [5.41, 5.74) is 0. The predicted molar refractivity (Wildman–Crippen MR) is 53.8 cm³/mol. The van der Waals surface area contributed by atoms with Crippen LogP contribution < -0.4 is 0 Å². The topological polar surface area (TPSA) is 51.2 Å². The first-order chi connectivity index (χ1) is 6.60. The minimum atomic E-state index is -0.00593. The summed E-state index contributed by atoms with van der Waals surface area (Å²) in [7, 11) is 0. The third-order valence-electron chi connectivity index (χ3n) is 2.04. The second-order valence-corrected chi connectivity index (χ2v) is 3.22. The molecule has 0 aromatic carbocycles. The van der Waals surface area contributed by atoms with Crippen molar-refractivity contribution in [2.75, 3.05) is 0 Å². The van der Waals surface area contributed by atoms with Gasteiger partial charge in [0.05, 0.1) is 0 Å². The third-order valence-corrected chi connectivity index (χ3v) is 2.04. The summed E-state index contributed by atoms with van der Waals surface area (Å²) in [6.45, 7) is 5.21. The summed E-state index contributed by atoms with van der Waals surface area (Å²) in [6.07, 6.45) is 1.82. The second kappa shape index (κ2) is 7.42. The monoisotopic (exact) mass is 197 g/mol. The molecule has 0 atom stereocenters. The van der Waals surface area contributed by atoms with Crippen molar-refractivity contribution in [1.82, 2.24) is 0 Å². The average Bonchev–Trinajstić information content (AvgIpc) is 2.22. The molecular formula is C11H17O3. The molecule has 0 aromatic heterocycles. The zero-order valence-electron chi connectivity index (χ0n) is 8.67. The van der Waals surface area contributed by atoms with Gasteiger partial charge in [-0.2, -0.15) is 0 Å². The Labute approximate surface area is 84.9 Å². The smallest absolute Gasteiger partial charge is 0.133 e. The number of ketones is 3. The first-order valence-corrected chi connectivity index (χ1v) is 4.94. The van der Waals surface area contributed by atoms with Crippen LogP contribution in [-0.2, 0) is 14.4 Å². The van der Waals surface area contributed by atoms with E-state index in [1.807, 2.05) is 0 Å². The Kier molecular flexibility index (Phi) is 6.89. The Bertz CT molecular complexity index is 197. The van der Waals surface area contributed by atoms with Gasteiger partial charge in [-0.15, -0.1) is 0 Å². The zero-order valence-corrected chi connectivity index (χ0v) is 8.67. The van der Waals surface area contributed by atoms with Crippen LogP contribution in [0.4, 0.5) is 0 Å². The maximum atomic E-state index is 11.2. The Morgan fingerprint density at radius 2 is 1.29 bits per heavy atom. The van der Waals surface area contributed by atoms with Crippen molar-refractivity contribution >= 4 is 17.3 Å². The van der Waals surface area contributed by atoms with Gasteiger partial charge in [-0.3, -0.25) is 14.4 Å². The van der Waals surface area contributed by atoms with Crippen LogP contribution in [0.2, 0.25) is 0 Å². The molecule has 79 valence electrons. The van der Waals surface area contributed by atoms with Crippen LogP contribution in [0.1, 0.15) is 45.4 Å². The molecule has 0 unspecified atom stereocenters. The summed E-state index contributed by atoms with van der Waals surface area (Å²) >= 11 is 0. The summed E-state index contributed by atoms with van der Waals surface area (Å²) in [5.74, 6) is 0.0932. The van der Waals surface area contributed by atoms with Gasteiger partial charge in [0.1, 0.15) is 17.3 Å². The van der Waals surface area contributed by atoms with Gasteiger partial charge < -0.3 is 0 Å². The van der Waals surface area contributed by atoms with E-state index in [1.165, 1.54) is 0 Å². The maximum absolute atomic E-state index is 11.2. The van der Waals surface area contributed by atoms with Crippen LogP contribution in [0.5, 0.6) is 0 Å². The van der Waals surface area contributed by atoms with Gasteiger partial charge in [-0.1, -0.05) is 6.92 Å². The second-order valence-electron chi connectivity index (χ2n) is 3.22. The highest BCUT2D eigenvalue weighted by molar-refractivity contribution is 5.89. The Morgan fingerprint density at radius 3 is 1.71 bits per heavy atom. The third kappa shape index (κ3) is 6.52. The van der Waals surface area contributed by atoms with Crippen molar-refractivity contribution in [1.29, 1.82) is 0 Å². The molecule has 0 saturated heterocycles. The van der Waals surface area contributed by atoms with Crippen LogP contribution in [0.3, 0.4) is 0 Å². The fraction of sp³-hybridized carbons (Fsp3) is 0.636. The molecule has 3 heteroatoms. The molecule has 0 aliphatic carbocycles. The van der Waals surface area contributed by atoms with Gasteiger partial charge in [-0.25, -0.2) is 0 Å². The molecule has 0 N–H and O–H groups in total. The molecule has 14 heavy (non-hydrogen) atoms. The maximum Gasteiger partial charge on any atom is 0.133 e. The lowest BCUT2D eigenvalue weighted by atomic mass is 10.1. The van der Waals surface area contributed by atoms with E-state index in [2.05, 4.69) is 6.92 Å². The van der Waals surface area contributed by atoms with Gasteiger partial charge in [0.15, 0.2) is 0 Å². The van der Waals surface area contributed by atoms with Gasteiger partial charge in [0.2, 0.25) is 0 Å². The van der Waals surface area contributed by atoms with E-state index in [0.29, 0.717) is 12.8 Å². The van der Waals surface area contributed by atoms with Gasteiger partial charge in [-0.05, 0) is 6.92 Å². The number of carbonyl (C=O) groups excluding carboxylic acids is 3. The average molecular weight is 197 g/mol. The van der Waals surface area contributed by atoms with Crippen LogP contribution in [0.15, 0.2) is 0 Å². The number of hydrogen-bond donors (Lipinski definition) is 0. The predicted octanol–water partition coefficient (Wildman–Crippen LogP) is 1.89. The molecular weight excluding hydrogens is 180 g/mol. The van der Waals surface area contributed by atoms with E-state index in [1.54, 1.807) is 6.92 Å². The zero-order chi connectivity index (χ0) is 11.0. The van der Waals surface area contributed by atoms with Crippen LogP contribution in [-0.4, -0.2) is 17.3 Å². The molecule has 0 heterocycles. The SMILES string of the molecule is [CH2]CC(=O)CCC(=O)CCC(=O)CC. The normalized spacial score (nSPS) is 9.86. The van der Waals surface area contributed by atoms with E-state index in [-0.39, 0.29) is 43.0 Å². The number of rotatable bonds is 8. The molecule has 0 bridgehead atoms. The fourth-order valence-electron chi connectivity index (χ4n) is 0.984. The molecule has 0 spiro atoms. The molecule has 0 amide bonds. The van der Waals surface area contributed by atoms with Crippen molar-refractivity contribution in [3.05, 3.63) is 6.92 Å². The lowest BCUT2D eigenvalue weighted by molar-refractivity contribution is -0.125. The summed E-state index contributed by atoms with van der Waals surface area (Å²) in [4.78, 5) is 32.9. The fourth-order valence-corrected chi connectivity index (χ4v) is 0.984. The Hall–Kier alpha value is -0.990. The number of Topliss-reactive ketones (excluding diaryl/α,β-unsaturated/α-hetero) is 3. The molecule has 0 rings (SSSR count). The minimum absolute atomic E-state index is 0.000156. The van der Waals surface area contributed by atoms with Crippen LogP contribution >= 0.6 is 0 Å². The first-order valence-electron chi connectivity index (χ1n) is 4.94. The standard InChI is InChI=1S/C11H17O3/c1-3-9(12)5-7-11(14)8-6-10(13)4-2/h1,3-8H2,2H3. The molecule has 1 radical (unpaired) electrons. The lowest BCUT2D eigenvalue weighted by Gasteiger charge is -1.98. The van der Waals surface area contributed by atoms with Crippen LogP contribution in [0, 0.1) is 6.92 Å². The van der Waals surface area contributed by atoms with Crippen molar-refractivity contribution < 1.29 is 14.4 Å². The highest BCUT2D eigenvalue weighted by Gasteiger charge is 2.07. The Morgan fingerprint density at radius 1 is 0.857 bits per heavy atom. The van der Waals surface area contributed by atoms with Crippen molar-refractivity contribution in [2.24, 2.45) is 0 Å². The van der Waals surface area contributed by atoms with Crippen molar-refractivity contribution in [3.63, 3.8) is 0 Å². The number of carbonyl (C=O) groups is 3. The first kappa shape index (κ1) is 13.0. The molecule has 0 aliphatic rings. The molecule has 0 fully saturated rings. The van der Waals surface area contributed by atoms with E-state index in [9.17, 15) is 14.4 Å². The lowest BCUT2D eigenvalue weighted by Crippen LogP contribution is -2.05. The number of hydrogen-bond acceptors (Lipinski definition) is 3. The van der Waals surface area contributed by atoms with E-state index >= 15 is 0 Å². The molecule has 3 nitrogen and oxygen atoms in total. The summed E-state index contributed by atoms with van der Waals surface area (Å²) in [6, 6.07) is 0. The minimum Gasteiger partial charge on any atom is -0.300 e. The van der Waals surface area contributed by atoms with Gasteiger partial charge in [0, 0.05) is 38.5 Å². The van der Waals surface area contributed by atoms with Crippen molar-refractivity contribution in [3.8, 4) is 0 Å². The van der Waals surface area contributed by atoms with E-state index < -0.39 is 0 Å². The molecule has 0 aromatic rings.